The highest BCUT2D eigenvalue weighted by Crippen LogP contribution is 2.35. The van der Waals surface area contributed by atoms with E-state index in [1.807, 2.05) is 5.32 Å². The minimum Gasteiger partial charge on any atom is -0.383 e. The second kappa shape index (κ2) is 9.26. The summed E-state index contributed by atoms with van der Waals surface area (Å²) >= 11 is 0. The minimum atomic E-state index is -4.75. The maximum Gasteiger partial charge on any atom is 0.416 e. The molecule has 36 heavy (non-hydrogen) atoms. The van der Waals surface area contributed by atoms with Crippen LogP contribution in [0, 0.1) is 11.6 Å². The molecule has 2 amide bonds. The minimum absolute atomic E-state index is 0.0626. The number of halogens is 5. The van der Waals surface area contributed by atoms with Crippen LogP contribution in [0.3, 0.4) is 0 Å². The summed E-state index contributed by atoms with van der Waals surface area (Å²) in [6, 6.07) is 5.55. The fourth-order valence-corrected chi connectivity index (χ4v) is 3.50. The van der Waals surface area contributed by atoms with Gasteiger partial charge in [-0.05, 0) is 42.0 Å². The van der Waals surface area contributed by atoms with Gasteiger partial charge in [-0.1, -0.05) is 12.1 Å². The topological polar surface area (TPSA) is 118 Å². The number of nitrogens with zero attached hydrogens (tertiary/aromatic N) is 3. The zero-order valence-electron chi connectivity index (χ0n) is 18.1. The molecule has 2 aromatic carbocycles. The molecule has 0 aliphatic heterocycles. The monoisotopic (exact) mass is 504 g/mol. The second-order valence-corrected chi connectivity index (χ2v) is 7.54. The first kappa shape index (κ1) is 24.6. The molecule has 0 spiro atoms. The molecule has 5 N–H and O–H groups in total. The molecule has 4 aromatic rings. The van der Waals surface area contributed by atoms with Gasteiger partial charge in [-0.25, -0.2) is 23.1 Å². The maximum atomic E-state index is 14.9. The van der Waals surface area contributed by atoms with Crippen LogP contribution in [0.5, 0.6) is 0 Å². The molecule has 2 heterocycles. The number of benzene rings is 2. The van der Waals surface area contributed by atoms with Gasteiger partial charge in [0.15, 0.2) is 5.82 Å². The highest BCUT2D eigenvalue weighted by Gasteiger charge is 2.31. The number of amides is 2. The van der Waals surface area contributed by atoms with E-state index in [9.17, 15) is 31.9 Å². The molecule has 0 saturated carbocycles. The van der Waals surface area contributed by atoms with Gasteiger partial charge >= 0.3 is 12.2 Å². The van der Waals surface area contributed by atoms with E-state index in [-0.39, 0.29) is 11.5 Å². The summed E-state index contributed by atoms with van der Waals surface area (Å²) in [4.78, 5) is 16.1. The van der Waals surface area contributed by atoms with Gasteiger partial charge in [0.05, 0.1) is 22.6 Å². The van der Waals surface area contributed by atoms with E-state index in [2.05, 4.69) is 22.0 Å². The third kappa shape index (κ3) is 4.68. The lowest BCUT2D eigenvalue weighted by Gasteiger charge is -2.12. The van der Waals surface area contributed by atoms with Crippen molar-refractivity contribution in [1.29, 1.82) is 0 Å². The summed E-state index contributed by atoms with van der Waals surface area (Å²) in [5.41, 5.74) is 5.01. The Morgan fingerprint density at radius 1 is 1.08 bits per heavy atom. The molecule has 1 atom stereocenters. The summed E-state index contributed by atoms with van der Waals surface area (Å²) in [6.07, 6.45) is -3.40. The Labute approximate surface area is 199 Å². The zero-order valence-corrected chi connectivity index (χ0v) is 18.1. The van der Waals surface area contributed by atoms with Gasteiger partial charge in [0.2, 0.25) is 0 Å². The number of alkyl halides is 3. The number of aliphatic hydroxyl groups excluding tert-OH is 1. The SMILES string of the molecule is C=CC(O)c1cc(-c2ccc(NC(=O)Nc3cc(C(F)(F)F)ccc3F)c(F)c2)c2c(N)ncnn12. The number of hydrogen-bond acceptors (Lipinski definition) is 5. The van der Waals surface area contributed by atoms with E-state index in [1.165, 1.54) is 35.1 Å². The summed E-state index contributed by atoms with van der Waals surface area (Å²) in [7, 11) is 0. The quantitative estimate of drug-likeness (QED) is 0.222. The predicted octanol–water partition coefficient (Wildman–Crippen LogP) is 5.14. The van der Waals surface area contributed by atoms with Crippen LogP contribution in [-0.2, 0) is 6.18 Å². The Hall–Kier alpha value is -4.52. The smallest absolute Gasteiger partial charge is 0.383 e. The third-order valence-electron chi connectivity index (χ3n) is 5.21. The van der Waals surface area contributed by atoms with Crippen LogP contribution in [0.4, 0.5) is 43.9 Å². The van der Waals surface area contributed by atoms with Gasteiger partial charge in [0.1, 0.15) is 29.6 Å². The molecule has 0 bridgehead atoms. The number of anilines is 3. The first-order chi connectivity index (χ1) is 17.0. The number of fused-ring (bicyclic) bond motifs is 1. The Morgan fingerprint density at radius 2 is 1.81 bits per heavy atom. The van der Waals surface area contributed by atoms with E-state index in [1.54, 1.807) is 0 Å². The lowest BCUT2D eigenvalue weighted by atomic mass is 10.1. The largest absolute Gasteiger partial charge is 0.416 e. The van der Waals surface area contributed by atoms with Crippen molar-refractivity contribution in [2.75, 3.05) is 16.4 Å². The first-order valence-electron chi connectivity index (χ1n) is 10.2. The summed E-state index contributed by atoms with van der Waals surface area (Å²) in [6.45, 7) is 3.53. The van der Waals surface area contributed by atoms with Crippen LogP contribution in [-0.4, -0.2) is 25.7 Å². The molecule has 0 aliphatic rings. The van der Waals surface area contributed by atoms with Crippen molar-refractivity contribution in [2.24, 2.45) is 0 Å². The molecule has 186 valence electrons. The fourth-order valence-electron chi connectivity index (χ4n) is 3.50. The predicted molar refractivity (Wildman–Crippen MR) is 122 cm³/mol. The first-order valence-corrected chi connectivity index (χ1v) is 10.2. The number of carbonyl (C=O) groups excluding carboxylic acids is 1. The van der Waals surface area contributed by atoms with Crippen molar-refractivity contribution in [2.45, 2.75) is 12.3 Å². The number of aromatic nitrogens is 3. The Bertz CT molecular complexity index is 1480. The van der Waals surface area contributed by atoms with E-state index >= 15 is 0 Å². The average molecular weight is 504 g/mol. The van der Waals surface area contributed by atoms with Crippen LogP contribution >= 0.6 is 0 Å². The van der Waals surface area contributed by atoms with Crippen molar-refractivity contribution >= 4 is 28.7 Å². The van der Waals surface area contributed by atoms with Gasteiger partial charge < -0.3 is 21.5 Å². The number of nitrogens with one attached hydrogen (secondary N) is 2. The van der Waals surface area contributed by atoms with Crippen LogP contribution in [0.25, 0.3) is 16.6 Å². The van der Waals surface area contributed by atoms with Gasteiger partial charge in [-0.3, -0.25) is 0 Å². The standard InChI is InChI=1S/C23H17F5N6O2/c1-2-19(35)18-9-13(20-21(29)30-10-31-34(18)20)11-3-6-16(15(25)7-11)32-22(36)33-17-8-12(23(26,27)28)4-5-14(17)24/h2-10,19,35H,1H2,(H2,29,30,31)(H2,32,33,36). The zero-order chi connectivity index (χ0) is 26.2. The molecule has 0 aliphatic carbocycles. The fraction of sp³-hybridized carbons (Fsp3) is 0.0870. The van der Waals surface area contributed by atoms with E-state index < -0.39 is 41.2 Å². The molecule has 0 saturated heterocycles. The van der Waals surface area contributed by atoms with Crippen molar-refractivity contribution < 1.29 is 31.9 Å². The Kier molecular flexibility index (Phi) is 6.33. The van der Waals surface area contributed by atoms with Gasteiger partial charge in [-0.2, -0.15) is 18.3 Å². The van der Waals surface area contributed by atoms with Crippen LogP contribution in [0.15, 0.2) is 61.4 Å². The van der Waals surface area contributed by atoms with Crippen molar-refractivity contribution in [3.8, 4) is 11.1 Å². The number of nitrogen functional groups attached to an aromatic ring is 1. The molecule has 0 fully saturated rings. The Morgan fingerprint density at radius 3 is 2.47 bits per heavy atom. The second-order valence-electron chi connectivity index (χ2n) is 7.54. The number of rotatable bonds is 5. The molecule has 13 heteroatoms. The number of carbonyl (C=O) groups is 1. The van der Waals surface area contributed by atoms with Crippen molar-refractivity contribution in [1.82, 2.24) is 14.6 Å². The van der Waals surface area contributed by atoms with Crippen LogP contribution in [0.1, 0.15) is 17.4 Å². The highest BCUT2D eigenvalue weighted by molar-refractivity contribution is 6.00. The van der Waals surface area contributed by atoms with Crippen molar-refractivity contribution in [3.05, 3.63) is 84.3 Å². The number of urea groups is 1. The molecule has 8 nitrogen and oxygen atoms in total. The van der Waals surface area contributed by atoms with Crippen LogP contribution in [0.2, 0.25) is 0 Å². The van der Waals surface area contributed by atoms with E-state index in [0.717, 1.165) is 6.07 Å². The average Bonchev–Trinajstić information content (AvgIpc) is 3.21. The number of hydrogen-bond donors (Lipinski definition) is 4. The summed E-state index contributed by atoms with van der Waals surface area (Å²) < 4.78 is 68.7. The third-order valence-corrected chi connectivity index (χ3v) is 5.21. The molecular weight excluding hydrogens is 487 g/mol. The number of aliphatic hydroxyl groups is 1. The maximum absolute atomic E-state index is 14.9. The molecule has 0 radical (unpaired) electrons. The number of nitrogens with two attached hydrogens (primary N) is 1. The lowest BCUT2D eigenvalue weighted by Crippen LogP contribution is -2.21. The molecule has 2 aromatic heterocycles. The van der Waals surface area contributed by atoms with Gasteiger partial charge in [0, 0.05) is 5.56 Å². The highest BCUT2D eigenvalue weighted by atomic mass is 19.4. The van der Waals surface area contributed by atoms with Gasteiger partial charge in [0.25, 0.3) is 0 Å². The summed E-state index contributed by atoms with van der Waals surface area (Å²) in [5, 5.41) is 18.3. The Balaban J connectivity index is 1.62. The van der Waals surface area contributed by atoms with Crippen LogP contribution < -0.4 is 16.4 Å². The van der Waals surface area contributed by atoms with E-state index in [0.29, 0.717) is 40.5 Å². The lowest BCUT2D eigenvalue weighted by molar-refractivity contribution is -0.137. The van der Waals surface area contributed by atoms with Gasteiger partial charge in [-0.15, -0.1) is 6.58 Å². The summed E-state index contributed by atoms with van der Waals surface area (Å²) in [5.74, 6) is -1.95. The molecule has 4 rings (SSSR count). The molecule has 1 unspecified atom stereocenters. The van der Waals surface area contributed by atoms with Crippen molar-refractivity contribution in [3.63, 3.8) is 0 Å². The molecular formula is C23H17F5N6O2. The van der Waals surface area contributed by atoms with E-state index in [4.69, 9.17) is 5.73 Å². The normalized spacial score (nSPS) is 12.4.